The van der Waals surface area contributed by atoms with Crippen molar-refractivity contribution in [2.24, 2.45) is 11.8 Å². The van der Waals surface area contributed by atoms with Crippen molar-refractivity contribution in [3.63, 3.8) is 0 Å². The molecule has 4 aliphatic rings. The number of likely N-dealkylation sites (tertiary alicyclic amines) is 3. The fourth-order valence-electron chi connectivity index (χ4n) is 8.13. The Kier molecular flexibility index (Phi) is 11.0. The molecule has 10 nitrogen and oxygen atoms in total. The second kappa shape index (κ2) is 15.3. The van der Waals surface area contributed by atoms with Crippen LogP contribution in [0, 0.1) is 11.8 Å². The number of nitrogens with zero attached hydrogens (tertiary/aromatic N) is 4. The quantitative estimate of drug-likeness (QED) is 0.332. The SMILES string of the molecule is CN1CCC(C2CCN(C(=O)[C@@H](Cc3cc(Cl)c(N)c(C(F)(F)F)c3)NC(=O)N3CCC(N4CCc5ccccc5NC4=O)CC3)CC2)CC1. The Morgan fingerprint density at radius 2 is 1.56 bits per heavy atom. The molecule has 0 spiro atoms. The summed E-state index contributed by atoms with van der Waals surface area (Å²) in [5.74, 6) is 0.820. The number of anilines is 2. The number of nitrogens with two attached hydrogens (primary N) is 1. The zero-order valence-electron chi connectivity index (χ0n) is 28.5. The number of rotatable bonds is 6. The summed E-state index contributed by atoms with van der Waals surface area (Å²) in [7, 11) is 2.13. The van der Waals surface area contributed by atoms with E-state index in [4.69, 9.17) is 17.3 Å². The standard InChI is InChI=1S/C36H47ClF3N7O3/c1-44-13-6-24(7-14-44)25-8-15-45(16-9-25)33(48)31(22-23-20-28(36(38,39)40)32(41)29(37)21-23)43-34(49)46-17-11-27(12-18-46)47-19-10-26-4-2-3-5-30(26)42-35(47)50/h2-5,20-21,24-25,27,31H,6-19,22,41H2,1H3,(H,42,50)(H,43,49)/t31-/m1/s1. The molecule has 2 aromatic carbocycles. The Morgan fingerprint density at radius 1 is 0.940 bits per heavy atom. The topological polar surface area (TPSA) is 114 Å². The average Bonchev–Trinajstić information content (AvgIpc) is 3.27. The second-order valence-electron chi connectivity index (χ2n) is 14.3. The predicted octanol–water partition coefficient (Wildman–Crippen LogP) is 5.70. The Morgan fingerprint density at radius 3 is 2.22 bits per heavy atom. The minimum absolute atomic E-state index is 0.0608. The molecular formula is C36H47ClF3N7O3. The molecule has 2 aromatic rings. The van der Waals surface area contributed by atoms with Crippen LogP contribution >= 0.6 is 11.6 Å². The Balaban J connectivity index is 1.12. The van der Waals surface area contributed by atoms with Crippen LogP contribution in [-0.4, -0.2) is 103 Å². The molecule has 3 fully saturated rings. The lowest BCUT2D eigenvalue weighted by atomic mass is 9.79. The normalized spacial score (nSPS) is 21.0. The maximum absolute atomic E-state index is 14.1. The summed E-state index contributed by atoms with van der Waals surface area (Å²) >= 11 is 6.14. The van der Waals surface area contributed by atoms with Crippen molar-refractivity contribution in [3.05, 3.63) is 58.1 Å². The van der Waals surface area contributed by atoms with E-state index in [1.165, 1.54) is 6.07 Å². The molecule has 4 aliphatic heterocycles. The van der Waals surface area contributed by atoms with E-state index >= 15 is 0 Å². The van der Waals surface area contributed by atoms with Crippen LogP contribution in [0.4, 0.5) is 34.1 Å². The Labute approximate surface area is 296 Å². The minimum Gasteiger partial charge on any atom is -0.397 e. The molecule has 0 aliphatic carbocycles. The largest absolute Gasteiger partial charge is 0.418 e. The summed E-state index contributed by atoms with van der Waals surface area (Å²) < 4.78 is 41.5. The molecule has 272 valence electrons. The van der Waals surface area contributed by atoms with E-state index in [1.54, 1.807) is 9.80 Å². The summed E-state index contributed by atoms with van der Waals surface area (Å²) in [5, 5.41) is 5.62. The number of hydrogen-bond donors (Lipinski definition) is 3. The van der Waals surface area contributed by atoms with Crippen LogP contribution in [0.25, 0.3) is 0 Å². The number of fused-ring (bicyclic) bond motifs is 1. The Hall–Kier alpha value is -3.71. The van der Waals surface area contributed by atoms with Gasteiger partial charge in [0.15, 0.2) is 0 Å². The number of hydrogen-bond acceptors (Lipinski definition) is 5. The van der Waals surface area contributed by atoms with Crippen molar-refractivity contribution in [1.29, 1.82) is 0 Å². The van der Waals surface area contributed by atoms with Gasteiger partial charge < -0.3 is 36.0 Å². The molecule has 14 heteroatoms. The minimum atomic E-state index is -4.74. The molecule has 4 heterocycles. The van der Waals surface area contributed by atoms with Crippen LogP contribution in [0.15, 0.2) is 36.4 Å². The number of nitrogens with one attached hydrogen (secondary N) is 2. The number of piperidine rings is 3. The lowest BCUT2D eigenvalue weighted by Crippen LogP contribution is -2.57. The molecule has 0 unspecified atom stereocenters. The summed E-state index contributed by atoms with van der Waals surface area (Å²) in [6.45, 7) is 4.49. The first-order valence-corrected chi connectivity index (χ1v) is 18.1. The molecule has 50 heavy (non-hydrogen) atoms. The van der Waals surface area contributed by atoms with E-state index in [1.807, 2.05) is 29.2 Å². The first kappa shape index (κ1) is 36.1. The van der Waals surface area contributed by atoms with Gasteiger partial charge in [0.1, 0.15) is 6.04 Å². The lowest BCUT2D eigenvalue weighted by Gasteiger charge is -2.41. The number of benzene rings is 2. The smallest absolute Gasteiger partial charge is 0.397 e. The van der Waals surface area contributed by atoms with Crippen LogP contribution in [0.5, 0.6) is 0 Å². The van der Waals surface area contributed by atoms with Crippen molar-refractivity contribution in [1.82, 2.24) is 24.9 Å². The molecule has 4 N–H and O–H groups in total. The van der Waals surface area contributed by atoms with Crippen molar-refractivity contribution in [2.45, 2.75) is 69.6 Å². The van der Waals surface area contributed by atoms with Crippen LogP contribution in [0.3, 0.4) is 0 Å². The highest BCUT2D eigenvalue weighted by atomic mass is 35.5. The third kappa shape index (κ3) is 8.25. The van der Waals surface area contributed by atoms with Gasteiger partial charge in [0.05, 0.1) is 16.3 Å². The van der Waals surface area contributed by atoms with Crippen LogP contribution in [-0.2, 0) is 23.8 Å². The number of nitrogen functional groups attached to an aromatic ring is 1. The number of carbonyl (C=O) groups is 3. The number of alkyl halides is 3. The summed E-state index contributed by atoms with van der Waals surface area (Å²) in [6, 6.07) is 8.19. The lowest BCUT2D eigenvalue weighted by molar-refractivity contribution is -0.137. The third-order valence-corrected chi connectivity index (χ3v) is 11.5. The van der Waals surface area contributed by atoms with Crippen LogP contribution < -0.4 is 16.4 Å². The van der Waals surface area contributed by atoms with Gasteiger partial charge in [-0.3, -0.25) is 4.79 Å². The van der Waals surface area contributed by atoms with E-state index < -0.39 is 29.5 Å². The molecule has 6 rings (SSSR count). The van der Waals surface area contributed by atoms with E-state index in [-0.39, 0.29) is 35.0 Å². The molecular weight excluding hydrogens is 671 g/mol. The van der Waals surface area contributed by atoms with Crippen molar-refractivity contribution in [2.75, 3.05) is 63.9 Å². The average molecular weight is 718 g/mol. The predicted molar refractivity (Wildman–Crippen MR) is 187 cm³/mol. The van der Waals surface area contributed by atoms with Crippen LogP contribution in [0.1, 0.15) is 55.2 Å². The summed E-state index contributed by atoms with van der Waals surface area (Å²) in [5.41, 5.74) is 6.07. The van der Waals surface area contributed by atoms with Gasteiger partial charge in [-0.2, -0.15) is 13.2 Å². The van der Waals surface area contributed by atoms with E-state index in [0.29, 0.717) is 57.4 Å². The fraction of sp³-hybridized carbons (Fsp3) is 0.583. The monoisotopic (exact) mass is 717 g/mol. The van der Waals surface area contributed by atoms with Gasteiger partial charge in [0.25, 0.3) is 0 Å². The van der Waals surface area contributed by atoms with Gasteiger partial charge in [-0.1, -0.05) is 29.8 Å². The Bertz CT molecular complexity index is 1550. The molecule has 1 atom stereocenters. The highest BCUT2D eigenvalue weighted by molar-refractivity contribution is 6.33. The molecule has 0 aromatic heterocycles. The third-order valence-electron chi connectivity index (χ3n) is 11.1. The second-order valence-corrected chi connectivity index (χ2v) is 14.7. The number of carbonyl (C=O) groups excluding carboxylic acids is 3. The maximum atomic E-state index is 14.1. The van der Waals surface area contributed by atoms with E-state index in [2.05, 4.69) is 22.6 Å². The number of urea groups is 2. The number of para-hydroxylation sites is 1. The van der Waals surface area contributed by atoms with Gasteiger partial charge in [-0.15, -0.1) is 0 Å². The van der Waals surface area contributed by atoms with Gasteiger partial charge in [-0.25, -0.2) is 9.59 Å². The first-order valence-electron chi connectivity index (χ1n) is 17.7. The van der Waals surface area contributed by atoms with E-state index in [9.17, 15) is 27.6 Å². The molecule has 5 amide bonds. The van der Waals surface area contributed by atoms with Crippen molar-refractivity contribution < 1.29 is 27.6 Å². The fourth-order valence-corrected chi connectivity index (χ4v) is 8.37. The van der Waals surface area contributed by atoms with Crippen molar-refractivity contribution >= 4 is 40.9 Å². The number of halogens is 4. The zero-order chi connectivity index (χ0) is 35.6. The highest BCUT2D eigenvalue weighted by Crippen LogP contribution is 2.38. The summed E-state index contributed by atoms with van der Waals surface area (Å²) in [4.78, 5) is 48.4. The maximum Gasteiger partial charge on any atom is 0.418 e. The first-order chi connectivity index (χ1) is 23.9. The highest BCUT2D eigenvalue weighted by Gasteiger charge is 2.38. The molecule has 3 saturated heterocycles. The number of amides is 5. The molecule has 0 bridgehead atoms. The molecule has 0 saturated carbocycles. The van der Waals surface area contributed by atoms with Crippen LogP contribution in [0.2, 0.25) is 5.02 Å². The van der Waals surface area contributed by atoms with Gasteiger partial charge in [-0.05, 0) is 106 Å². The molecule has 0 radical (unpaired) electrons. The van der Waals surface area contributed by atoms with Crippen molar-refractivity contribution in [3.8, 4) is 0 Å². The summed E-state index contributed by atoms with van der Waals surface area (Å²) in [6.07, 6.45) is 0.920. The van der Waals surface area contributed by atoms with Gasteiger partial charge in [0.2, 0.25) is 5.91 Å². The van der Waals surface area contributed by atoms with Gasteiger partial charge >= 0.3 is 18.2 Å². The van der Waals surface area contributed by atoms with Gasteiger partial charge in [0, 0.05) is 50.9 Å². The zero-order valence-corrected chi connectivity index (χ0v) is 29.2. The van der Waals surface area contributed by atoms with E-state index in [0.717, 1.165) is 62.5 Å².